The fourth-order valence-corrected chi connectivity index (χ4v) is 6.37. The van der Waals surface area contributed by atoms with Crippen LogP contribution in [0.1, 0.15) is 67.1 Å². The molecule has 5 aromatic rings. The Hall–Kier alpha value is -4.57. The largest absolute Gasteiger partial charge is 0.437 e. The first-order valence-corrected chi connectivity index (χ1v) is 15.6. The van der Waals surface area contributed by atoms with E-state index in [0.717, 1.165) is 29.5 Å². The van der Waals surface area contributed by atoms with E-state index in [2.05, 4.69) is 22.1 Å². The highest BCUT2D eigenvalue weighted by Gasteiger charge is 2.42. The molecule has 0 bridgehead atoms. The molecule has 0 N–H and O–H groups in total. The quantitative estimate of drug-likeness (QED) is 0.153. The highest BCUT2D eigenvalue weighted by molar-refractivity contribution is 7.12. The lowest BCUT2D eigenvalue weighted by Gasteiger charge is -2.31. The summed E-state index contributed by atoms with van der Waals surface area (Å²) in [6.07, 6.45) is -3.38. The monoisotopic (exact) mass is 629 g/mol. The first-order valence-electron chi connectivity index (χ1n) is 14.7. The minimum atomic E-state index is -4.84. The fraction of sp³-hybridized carbons (Fsp3) is 0.257. The van der Waals surface area contributed by atoms with Crippen LogP contribution in [0.3, 0.4) is 0 Å². The molecular formula is C35H30F3N3O3S. The number of piperidine rings is 1. The molecule has 1 aliphatic heterocycles. The van der Waals surface area contributed by atoms with Crippen LogP contribution in [0.25, 0.3) is 11.3 Å². The number of halogens is 3. The van der Waals surface area contributed by atoms with Crippen molar-refractivity contribution in [2.45, 2.75) is 44.7 Å². The Labute approximate surface area is 262 Å². The van der Waals surface area contributed by atoms with Crippen LogP contribution >= 0.6 is 11.3 Å². The lowest BCUT2D eigenvalue weighted by molar-refractivity contribution is -0.141. The molecule has 0 amide bonds. The maximum Gasteiger partial charge on any atom is 0.437 e. The number of alkyl halides is 3. The average molecular weight is 630 g/mol. The number of anilines is 1. The van der Waals surface area contributed by atoms with E-state index in [4.69, 9.17) is 4.42 Å². The van der Waals surface area contributed by atoms with E-state index in [1.54, 1.807) is 34.5 Å². The molecule has 45 heavy (non-hydrogen) atoms. The molecule has 3 heterocycles. The molecular weight excluding hydrogens is 599 g/mol. The minimum Gasteiger partial charge on any atom is -0.420 e. The minimum absolute atomic E-state index is 0.0739. The molecule has 230 valence electrons. The number of aromatic nitrogens is 2. The molecule has 10 heteroatoms. The summed E-state index contributed by atoms with van der Waals surface area (Å²) in [5.41, 5.74) is 3.76. The third-order valence-corrected chi connectivity index (χ3v) is 9.03. The van der Waals surface area contributed by atoms with Crippen LogP contribution in [0, 0.1) is 6.92 Å². The van der Waals surface area contributed by atoms with Gasteiger partial charge in [-0.05, 0) is 47.9 Å². The summed E-state index contributed by atoms with van der Waals surface area (Å²) < 4.78 is 47.3. The Bertz CT molecular complexity index is 1810. The lowest BCUT2D eigenvalue weighted by atomic mass is 9.90. The summed E-state index contributed by atoms with van der Waals surface area (Å²) in [7, 11) is 0. The lowest BCUT2D eigenvalue weighted by Crippen LogP contribution is -2.33. The number of hydrogen-bond donors (Lipinski definition) is 0. The molecule has 1 saturated heterocycles. The summed E-state index contributed by atoms with van der Waals surface area (Å²) in [4.78, 5) is 35.9. The maximum absolute atomic E-state index is 13.9. The number of carbonyl (C=O) groups is 2. The molecule has 0 saturated carbocycles. The van der Waals surface area contributed by atoms with Crippen molar-refractivity contribution < 1.29 is 27.2 Å². The molecule has 1 aliphatic rings. The van der Waals surface area contributed by atoms with Gasteiger partial charge in [0.1, 0.15) is 0 Å². The van der Waals surface area contributed by atoms with Crippen molar-refractivity contribution in [3.63, 3.8) is 0 Å². The molecule has 1 fully saturated rings. The van der Waals surface area contributed by atoms with Gasteiger partial charge in [0.05, 0.1) is 5.69 Å². The van der Waals surface area contributed by atoms with Crippen molar-refractivity contribution in [1.29, 1.82) is 0 Å². The SMILES string of the molecule is Cc1ccccc1CC(=O)c1nc(-c2ccc(CC(=O)c3oc(N4CCC(c5ccccc5)CC4)nc3C(F)(F)F)cc2)cs1. The van der Waals surface area contributed by atoms with E-state index in [1.165, 1.54) is 16.9 Å². The number of carbonyl (C=O) groups excluding carboxylic acids is 2. The van der Waals surface area contributed by atoms with Crippen LogP contribution in [0.5, 0.6) is 0 Å². The molecule has 3 aromatic carbocycles. The Morgan fingerprint density at radius 1 is 0.889 bits per heavy atom. The average Bonchev–Trinajstić information content (AvgIpc) is 3.72. The van der Waals surface area contributed by atoms with Gasteiger partial charge in [0.2, 0.25) is 11.5 Å². The standard InChI is InChI=1S/C35H30F3N3O3S/c1-22-7-5-6-10-27(22)20-30(43)33-39-28(21-45-33)26-13-11-23(12-14-26)19-29(42)31-32(35(36,37)38)40-34(44-31)41-17-15-25(16-18-41)24-8-3-2-4-9-24/h2-14,21,25H,15-20H2,1H3. The van der Waals surface area contributed by atoms with Crippen LogP contribution in [-0.2, 0) is 19.0 Å². The molecule has 0 atom stereocenters. The van der Waals surface area contributed by atoms with Crippen molar-refractivity contribution in [1.82, 2.24) is 9.97 Å². The number of rotatable bonds is 9. The van der Waals surface area contributed by atoms with Crippen molar-refractivity contribution in [2.75, 3.05) is 18.0 Å². The predicted octanol–water partition coefficient (Wildman–Crippen LogP) is 8.36. The summed E-state index contributed by atoms with van der Waals surface area (Å²) in [5.74, 6) is -1.34. The third-order valence-electron chi connectivity index (χ3n) is 8.14. The molecule has 0 unspecified atom stereocenters. The molecule has 0 aliphatic carbocycles. The van der Waals surface area contributed by atoms with Gasteiger partial charge in [-0.1, -0.05) is 78.9 Å². The van der Waals surface area contributed by atoms with E-state index < -0.39 is 23.4 Å². The van der Waals surface area contributed by atoms with E-state index in [0.29, 0.717) is 35.3 Å². The van der Waals surface area contributed by atoms with E-state index in [9.17, 15) is 22.8 Å². The van der Waals surface area contributed by atoms with Crippen LogP contribution in [0.4, 0.5) is 19.2 Å². The molecule has 2 aromatic heterocycles. The second-order valence-corrected chi connectivity index (χ2v) is 12.1. The van der Waals surface area contributed by atoms with Crippen LogP contribution < -0.4 is 4.90 Å². The zero-order chi connectivity index (χ0) is 31.6. The highest BCUT2D eigenvalue weighted by atomic mass is 32.1. The van der Waals surface area contributed by atoms with Crippen LogP contribution in [0.2, 0.25) is 0 Å². The number of nitrogens with zero attached hydrogens (tertiary/aromatic N) is 3. The first kappa shape index (κ1) is 30.5. The number of oxazole rings is 1. The highest BCUT2D eigenvalue weighted by Crippen LogP contribution is 2.37. The van der Waals surface area contributed by atoms with E-state index in [-0.39, 0.29) is 24.6 Å². The second-order valence-electron chi connectivity index (χ2n) is 11.2. The van der Waals surface area contributed by atoms with Crippen molar-refractivity contribution in [3.05, 3.63) is 123 Å². The van der Waals surface area contributed by atoms with Gasteiger partial charge in [0, 0.05) is 36.9 Å². The van der Waals surface area contributed by atoms with Gasteiger partial charge in [0.25, 0.3) is 6.01 Å². The fourth-order valence-electron chi connectivity index (χ4n) is 5.60. The van der Waals surface area contributed by atoms with Gasteiger partial charge >= 0.3 is 6.18 Å². The summed E-state index contributed by atoms with van der Waals surface area (Å²) in [5, 5.41) is 2.19. The molecule has 0 radical (unpaired) electrons. The maximum atomic E-state index is 13.9. The van der Waals surface area contributed by atoms with Gasteiger partial charge < -0.3 is 9.32 Å². The normalized spacial score (nSPS) is 14.1. The Morgan fingerprint density at radius 2 is 1.58 bits per heavy atom. The predicted molar refractivity (Wildman–Crippen MR) is 167 cm³/mol. The van der Waals surface area contributed by atoms with E-state index >= 15 is 0 Å². The number of thiazole rings is 1. The Kier molecular flexibility index (Phi) is 8.67. The molecule has 6 nitrogen and oxygen atoms in total. The summed E-state index contributed by atoms with van der Waals surface area (Å²) >= 11 is 1.26. The molecule has 6 rings (SSSR count). The number of hydrogen-bond acceptors (Lipinski definition) is 7. The van der Waals surface area contributed by atoms with Gasteiger partial charge in [-0.3, -0.25) is 9.59 Å². The van der Waals surface area contributed by atoms with Gasteiger partial charge in [0.15, 0.2) is 16.5 Å². The smallest absolute Gasteiger partial charge is 0.420 e. The van der Waals surface area contributed by atoms with Crippen LogP contribution in [-0.4, -0.2) is 34.6 Å². The number of benzene rings is 3. The number of aryl methyl sites for hydroxylation is 1. The Morgan fingerprint density at radius 3 is 2.27 bits per heavy atom. The van der Waals surface area contributed by atoms with E-state index in [1.807, 2.05) is 49.4 Å². The van der Waals surface area contributed by atoms with Gasteiger partial charge in [-0.25, -0.2) is 4.98 Å². The zero-order valence-corrected chi connectivity index (χ0v) is 25.3. The first-order chi connectivity index (χ1) is 21.7. The summed E-state index contributed by atoms with van der Waals surface area (Å²) in [6.45, 7) is 2.91. The summed E-state index contributed by atoms with van der Waals surface area (Å²) in [6, 6.07) is 24.4. The van der Waals surface area contributed by atoms with Crippen molar-refractivity contribution in [3.8, 4) is 11.3 Å². The van der Waals surface area contributed by atoms with Crippen LogP contribution in [0.15, 0.2) is 88.7 Å². The topological polar surface area (TPSA) is 76.3 Å². The van der Waals surface area contributed by atoms with Crippen molar-refractivity contribution >= 4 is 28.9 Å². The van der Waals surface area contributed by atoms with Gasteiger partial charge in [-0.15, -0.1) is 11.3 Å². The number of Topliss-reactive ketones (excluding diaryl/α,β-unsaturated/α-hetero) is 2. The molecule has 0 spiro atoms. The van der Waals surface area contributed by atoms with Gasteiger partial charge in [-0.2, -0.15) is 18.2 Å². The second kappa shape index (κ2) is 12.8. The van der Waals surface area contributed by atoms with Crippen molar-refractivity contribution in [2.24, 2.45) is 0 Å². The Balaban J connectivity index is 1.12. The third kappa shape index (κ3) is 6.91. The number of ketones is 2. The zero-order valence-electron chi connectivity index (χ0n) is 24.5.